The van der Waals surface area contributed by atoms with Gasteiger partial charge in [-0.1, -0.05) is 25.3 Å². The van der Waals surface area contributed by atoms with Gasteiger partial charge in [0.15, 0.2) is 0 Å². The molecule has 4 nitrogen and oxygen atoms in total. The topological polar surface area (TPSA) is 63.4 Å². The summed E-state index contributed by atoms with van der Waals surface area (Å²) >= 11 is 0. The molecule has 0 amide bonds. The van der Waals surface area contributed by atoms with Crippen molar-refractivity contribution in [2.75, 3.05) is 19.3 Å². The molecule has 1 aliphatic carbocycles. The normalized spacial score (nSPS) is 17.6. The van der Waals surface area contributed by atoms with Gasteiger partial charge in [0, 0.05) is 13.6 Å². The van der Waals surface area contributed by atoms with Gasteiger partial charge < -0.3 is 5.73 Å². The first-order valence-electron chi connectivity index (χ1n) is 7.23. The second-order valence-corrected chi connectivity index (χ2v) is 7.84. The van der Waals surface area contributed by atoms with Crippen molar-refractivity contribution >= 4 is 15.7 Å². The predicted octanol–water partition coefficient (Wildman–Crippen LogP) is 2.78. The summed E-state index contributed by atoms with van der Waals surface area (Å²) in [4.78, 5) is 0.224. The smallest absolute Gasteiger partial charge is 0.244 e. The number of benzene rings is 1. The van der Waals surface area contributed by atoms with Crippen LogP contribution in [0.25, 0.3) is 0 Å². The van der Waals surface area contributed by atoms with Crippen LogP contribution < -0.4 is 5.73 Å². The minimum absolute atomic E-state index is 0.224. The van der Waals surface area contributed by atoms with Gasteiger partial charge >= 0.3 is 0 Å². The van der Waals surface area contributed by atoms with E-state index in [0.717, 1.165) is 18.4 Å². The third kappa shape index (κ3) is 3.33. The van der Waals surface area contributed by atoms with E-state index in [4.69, 9.17) is 5.73 Å². The van der Waals surface area contributed by atoms with Gasteiger partial charge in [-0.15, -0.1) is 0 Å². The van der Waals surface area contributed by atoms with Crippen molar-refractivity contribution in [1.29, 1.82) is 0 Å². The average Bonchev–Trinajstić information content (AvgIpc) is 2.39. The second kappa shape index (κ2) is 6.14. The summed E-state index contributed by atoms with van der Waals surface area (Å²) in [5.41, 5.74) is 7.18. The zero-order valence-electron chi connectivity index (χ0n) is 12.3. The van der Waals surface area contributed by atoms with Crippen molar-refractivity contribution in [3.8, 4) is 0 Å². The van der Waals surface area contributed by atoms with Crippen LogP contribution in [0.5, 0.6) is 0 Å². The van der Waals surface area contributed by atoms with Crippen molar-refractivity contribution in [1.82, 2.24) is 4.31 Å². The van der Waals surface area contributed by atoms with Gasteiger partial charge in [-0.05, 0) is 43.4 Å². The molecule has 1 aliphatic rings. The molecule has 1 saturated carbocycles. The van der Waals surface area contributed by atoms with Crippen LogP contribution in [-0.4, -0.2) is 26.3 Å². The molecule has 0 saturated heterocycles. The summed E-state index contributed by atoms with van der Waals surface area (Å²) in [6.07, 6.45) is 5.96. The summed E-state index contributed by atoms with van der Waals surface area (Å²) in [5, 5.41) is 0. The summed E-state index contributed by atoms with van der Waals surface area (Å²) in [7, 11) is -1.82. The fourth-order valence-corrected chi connectivity index (χ4v) is 4.24. The Labute approximate surface area is 122 Å². The van der Waals surface area contributed by atoms with Gasteiger partial charge in [0.2, 0.25) is 10.0 Å². The summed E-state index contributed by atoms with van der Waals surface area (Å²) in [6, 6.07) is 5.11. The molecule has 0 atom stereocenters. The maximum Gasteiger partial charge on any atom is 0.244 e. The number of nitrogen functional groups attached to an aromatic ring is 1. The molecule has 1 fully saturated rings. The monoisotopic (exact) mass is 296 g/mol. The summed E-state index contributed by atoms with van der Waals surface area (Å²) in [5.74, 6) is 0.482. The van der Waals surface area contributed by atoms with Crippen LogP contribution in [0.2, 0.25) is 0 Å². The van der Waals surface area contributed by atoms with E-state index in [9.17, 15) is 8.42 Å². The number of hydrogen-bond acceptors (Lipinski definition) is 3. The van der Waals surface area contributed by atoms with Crippen LogP contribution in [0, 0.1) is 12.8 Å². The number of sulfonamides is 1. The van der Waals surface area contributed by atoms with Gasteiger partial charge in [-0.25, -0.2) is 12.7 Å². The van der Waals surface area contributed by atoms with Crippen molar-refractivity contribution in [3.05, 3.63) is 23.8 Å². The molecule has 0 aliphatic heterocycles. The van der Waals surface area contributed by atoms with E-state index in [2.05, 4.69) is 0 Å². The first kappa shape index (κ1) is 15.3. The van der Waals surface area contributed by atoms with Crippen LogP contribution in [0.15, 0.2) is 23.1 Å². The number of anilines is 1. The Kier molecular flexibility index (Phi) is 4.70. The van der Waals surface area contributed by atoms with Gasteiger partial charge in [0.05, 0.1) is 5.69 Å². The molecule has 20 heavy (non-hydrogen) atoms. The highest BCUT2D eigenvalue weighted by Gasteiger charge is 2.26. The third-order valence-corrected chi connectivity index (χ3v) is 5.99. The zero-order chi connectivity index (χ0) is 14.8. The molecule has 1 aromatic carbocycles. The summed E-state index contributed by atoms with van der Waals surface area (Å²) in [6.45, 7) is 2.49. The predicted molar refractivity (Wildman–Crippen MR) is 82.0 cm³/mol. The van der Waals surface area contributed by atoms with Crippen LogP contribution >= 0.6 is 0 Å². The Morgan fingerprint density at radius 2 is 1.90 bits per heavy atom. The van der Waals surface area contributed by atoms with Gasteiger partial charge in [-0.3, -0.25) is 0 Å². The van der Waals surface area contributed by atoms with E-state index in [-0.39, 0.29) is 4.90 Å². The van der Waals surface area contributed by atoms with Crippen molar-refractivity contribution in [2.45, 2.75) is 43.9 Å². The molecular weight excluding hydrogens is 272 g/mol. The van der Waals surface area contributed by atoms with E-state index in [1.165, 1.54) is 23.6 Å². The summed E-state index contributed by atoms with van der Waals surface area (Å²) < 4.78 is 26.6. The van der Waals surface area contributed by atoms with E-state index >= 15 is 0 Å². The third-order valence-electron chi connectivity index (χ3n) is 4.09. The van der Waals surface area contributed by atoms with E-state index in [0.29, 0.717) is 18.2 Å². The SMILES string of the molecule is Cc1ccc(S(=O)(=O)N(C)CC2CCCCC2)c(N)c1. The minimum Gasteiger partial charge on any atom is -0.398 e. The van der Waals surface area contributed by atoms with Gasteiger partial charge in [-0.2, -0.15) is 0 Å². The Morgan fingerprint density at radius 3 is 2.50 bits per heavy atom. The number of nitrogens with two attached hydrogens (primary N) is 1. The molecule has 5 heteroatoms. The molecule has 0 aromatic heterocycles. The van der Waals surface area contributed by atoms with Crippen molar-refractivity contribution < 1.29 is 8.42 Å². The first-order chi connectivity index (χ1) is 9.41. The van der Waals surface area contributed by atoms with Gasteiger partial charge in [0.1, 0.15) is 4.90 Å². The number of aryl methyl sites for hydroxylation is 1. The molecule has 0 spiro atoms. The molecule has 0 radical (unpaired) electrons. The molecule has 0 bridgehead atoms. The lowest BCUT2D eigenvalue weighted by atomic mass is 9.89. The van der Waals surface area contributed by atoms with E-state index in [1.807, 2.05) is 6.92 Å². The van der Waals surface area contributed by atoms with Crippen molar-refractivity contribution in [3.63, 3.8) is 0 Å². The molecule has 2 N–H and O–H groups in total. The zero-order valence-corrected chi connectivity index (χ0v) is 13.1. The van der Waals surface area contributed by atoms with Crippen LogP contribution in [0.1, 0.15) is 37.7 Å². The van der Waals surface area contributed by atoms with Crippen LogP contribution in [-0.2, 0) is 10.0 Å². The Morgan fingerprint density at radius 1 is 1.25 bits per heavy atom. The molecule has 0 unspecified atom stereocenters. The van der Waals surface area contributed by atoms with E-state index < -0.39 is 10.0 Å². The maximum absolute atomic E-state index is 12.6. The highest BCUT2D eigenvalue weighted by molar-refractivity contribution is 7.89. The molecular formula is C15H24N2O2S. The maximum atomic E-state index is 12.6. The second-order valence-electron chi connectivity index (χ2n) is 5.83. The van der Waals surface area contributed by atoms with Crippen LogP contribution in [0.4, 0.5) is 5.69 Å². The van der Waals surface area contributed by atoms with Crippen LogP contribution in [0.3, 0.4) is 0 Å². The van der Waals surface area contributed by atoms with Crippen molar-refractivity contribution in [2.24, 2.45) is 5.92 Å². The van der Waals surface area contributed by atoms with E-state index in [1.54, 1.807) is 25.2 Å². The number of rotatable bonds is 4. The molecule has 112 valence electrons. The fraction of sp³-hybridized carbons (Fsp3) is 0.600. The largest absolute Gasteiger partial charge is 0.398 e. The lowest BCUT2D eigenvalue weighted by Gasteiger charge is -2.27. The molecule has 2 rings (SSSR count). The molecule has 0 heterocycles. The Bertz CT molecular complexity index is 563. The quantitative estimate of drug-likeness (QED) is 0.869. The average molecular weight is 296 g/mol. The highest BCUT2D eigenvalue weighted by Crippen LogP contribution is 2.27. The number of nitrogens with zero attached hydrogens (tertiary/aromatic N) is 1. The number of hydrogen-bond donors (Lipinski definition) is 1. The Hall–Kier alpha value is -1.07. The standard InChI is InChI=1S/C15H24N2O2S/c1-12-8-9-15(14(16)10-12)20(18,19)17(2)11-13-6-4-3-5-7-13/h8-10,13H,3-7,11,16H2,1-2H3. The minimum atomic E-state index is -3.48. The highest BCUT2D eigenvalue weighted by atomic mass is 32.2. The lowest BCUT2D eigenvalue weighted by molar-refractivity contribution is 0.300. The fourth-order valence-electron chi connectivity index (χ4n) is 2.90. The Balaban J connectivity index is 2.16. The van der Waals surface area contributed by atoms with Gasteiger partial charge in [0.25, 0.3) is 0 Å². The first-order valence-corrected chi connectivity index (χ1v) is 8.67. The molecule has 1 aromatic rings. The lowest BCUT2D eigenvalue weighted by Crippen LogP contribution is -2.33.